The number of alkyl halides is 3. The number of amides is 2. The third-order valence-corrected chi connectivity index (χ3v) is 3.13. The molecule has 0 spiro atoms. The summed E-state index contributed by atoms with van der Waals surface area (Å²) in [7, 11) is 1.15. The minimum Gasteiger partial charge on any atom is -0.394 e. The second-order valence-corrected chi connectivity index (χ2v) is 4.70. The maximum atomic E-state index is 13.6. The third kappa shape index (κ3) is 4.06. The number of urea groups is 1. The van der Waals surface area contributed by atoms with Crippen molar-refractivity contribution in [1.29, 1.82) is 0 Å². The molecule has 1 aromatic carbocycles. The van der Waals surface area contributed by atoms with Gasteiger partial charge < -0.3 is 15.3 Å². The number of hydrogen-bond donors (Lipinski definition) is 2. The molecule has 0 heterocycles. The Balaban J connectivity index is 3.14. The van der Waals surface area contributed by atoms with Gasteiger partial charge in [0.15, 0.2) is 6.04 Å². The zero-order chi connectivity index (χ0) is 17.1. The highest BCUT2D eigenvalue weighted by Crippen LogP contribution is 2.35. The molecule has 4 nitrogen and oxygen atoms in total. The molecule has 0 aliphatic rings. The van der Waals surface area contributed by atoms with E-state index in [-0.39, 0.29) is 0 Å². The van der Waals surface area contributed by atoms with Gasteiger partial charge in [-0.3, -0.25) is 0 Å². The number of benzene rings is 1. The molecule has 0 saturated carbocycles. The van der Waals surface area contributed by atoms with E-state index >= 15 is 0 Å². The fourth-order valence-corrected chi connectivity index (χ4v) is 1.65. The number of aliphatic hydroxyl groups is 1. The summed E-state index contributed by atoms with van der Waals surface area (Å²) in [5.74, 6) is -2.83. The average Bonchev–Trinajstić information content (AvgIpc) is 2.43. The maximum absolute atomic E-state index is 13.6. The lowest BCUT2D eigenvalue weighted by Crippen LogP contribution is -2.48. The van der Waals surface area contributed by atoms with Crippen molar-refractivity contribution in [3.63, 3.8) is 0 Å². The molecule has 0 aromatic heterocycles. The van der Waals surface area contributed by atoms with Gasteiger partial charge in [0, 0.05) is 7.05 Å². The number of carbonyl (C=O) groups excluding carboxylic acids is 1. The average molecular weight is 326 g/mol. The molecule has 0 saturated heterocycles. The first-order valence-corrected chi connectivity index (χ1v) is 6.24. The van der Waals surface area contributed by atoms with E-state index in [1.54, 1.807) is 5.32 Å². The van der Waals surface area contributed by atoms with Gasteiger partial charge in [-0.2, -0.15) is 13.2 Å². The van der Waals surface area contributed by atoms with Crippen LogP contribution in [0, 0.1) is 11.6 Å². The van der Waals surface area contributed by atoms with Crippen LogP contribution in [0.4, 0.5) is 26.7 Å². The van der Waals surface area contributed by atoms with Gasteiger partial charge in [0.25, 0.3) is 0 Å². The van der Waals surface area contributed by atoms with Crippen molar-refractivity contribution in [1.82, 2.24) is 10.2 Å². The van der Waals surface area contributed by atoms with Crippen molar-refractivity contribution < 1.29 is 31.9 Å². The number of halogens is 5. The Hall–Kier alpha value is -1.90. The van der Waals surface area contributed by atoms with Crippen LogP contribution in [0.1, 0.15) is 18.5 Å². The Bertz CT molecular complexity index is 515. The molecule has 9 heteroatoms. The summed E-state index contributed by atoms with van der Waals surface area (Å²) in [5.41, 5.74) is -1.28. The summed E-state index contributed by atoms with van der Waals surface area (Å²) in [6.07, 6.45) is -5.10. The number of rotatable bonds is 4. The van der Waals surface area contributed by atoms with Crippen molar-refractivity contribution >= 4 is 6.03 Å². The van der Waals surface area contributed by atoms with Crippen LogP contribution in [0.3, 0.4) is 0 Å². The highest BCUT2D eigenvalue weighted by molar-refractivity contribution is 5.75. The Morgan fingerprint density at radius 1 is 1.32 bits per heavy atom. The molecule has 0 aliphatic heterocycles. The number of hydrogen-bond acceptors (Lipinski definition) is 2. The van der Waals surface area contributed by atoms with Crippen molar-refractivity contribution in [2.45, 2.75) is 25.2 Å². The smallest absolute Gasteiger partial charge is 0.394 e. The number of nitrogens with one attached hydrogen (secondary N) is 1. The van der Waals surface area contributed by atoms with Crippen LogP contribution >= 0.6 is 0 Å². The van der Waals surface area contributed by atoms with Crippen LogP contribution < -0.4 is 5.32 Å². The second kappa shape index (κ2) is 6.91. The van der Waals surface area contributed by atoms with E-state index < -0.39 is 48.1 Å². The Kier molecular flexibility index (Phi) is 5.70. The van der Waals surface area contributed by atoms with Gasteiger partial charge in [0.05, 0.1) is 18.2 Å². The normalized spacial score (nSPS) is 14.4. The van der Waals surface area contributed by atoms with Gasteiger partial charge in [-0.05, 0) is 19.1 Å². The van der Waals surface area contributed by atoms with Crippen LogP contribution in [0.25, 0.3) is 0 Å². The first-order valence-electron chi connectivity index (χ1n) is 6.24. The highest BCUT2D eigenvalue weighted by Gasteiger charge is 2.45. The second-order valence-electron chi connectivity index (χ2n) is 4.70. The van der Waals surface area contributed by atoms with Gasteiger partial charge >= 0.3 is 12.2 Å². The van der Waals surface area contributed by atoms with Crippen molar-refractivity contribution in [2.24, 2.45) is 0 Å². The number of aliphatic hydroxyl groups excluding tert-OH is 1. The molecule has 1 rings (SSSR count). The predicted octanol–water partition coefficient (Wildman–Crippen LogP) is 2.59. The first-order chi connectivity index (χ1) is 10.1. The van der Waals surface area contributed by atoms with Crippen LogP contribution in [0.15, 0.2) is 18.2 Å². The Labute approximate surface area is 123 Å². The molecule has 0 bridgehead atoms. The molecule has 0 radical (unpaired) electrons. The SMILES string of the molecule is C[C@H](CO)N(C)C(=O)N[C@H](c1c(F)cccc1F)C(F)(F)F. The van der Waals surface area contributed by atoms with Crippen LogP contribution in [0.5, 0.6) is 0 Å². The zero-order valence-corrected chi connectivity index (χ0v) is 11.8. The maximum Gasteiger partial charge on any atom is 0.413 e. The molecule has 0 fully saturated rings. The summed E-state index contributed by atoms with van der Waals surface area (Å²) < 4.78 is 66.3. The molecule has 124 valence electrons. The predicted molar refractivity (Wildman–Crippen MR) is 68.0 cm³/mol. The first kappa shape index (κ1) is 18.1. The van der Waals surface area contributed by atoms with E-state index in [9.17, 15) is 26.7 Å². The largest absolute Gasteiger partial charge is 0.413 e. The van der Waals surface area contributed by atoms with Crippen LogP contribution in [-0.2, 0) is 0 Å². The van der Waals surface area contributed by atoms with Crippen molar-refractivity contribution in [3.05, 3.63) is 35.4 Å². The Morgan fingerprint density at radius 2 is 1.82 bits per heavy atom. The quantitative estimate of drug-likeness (QED) is 0.836. The monoisotopic (exact) mass is 326 g/mol. The molecular weight excluding hydrogens is 311 g/mol. The van der Waals surface area contributed by atoms with Crippen molar-refractivity contribution in [2.75, 3.05) is 13.7 Å². The molecule has 0 aliphatic carbocycles. The summed E-state index contributed by atoms with van der Waals surface area (Å²) in [6, 6.07) is -2.56. The van der Waals surface area contributed by atoms with E-state index in [1.165, 1.54) is 6.92 Å². The highest BCUT2D eigenvalue weighted by atomic mass is 19.4. The van der Waals surface area contributed by atoms with E-state index in [0.717, 1.165) is 18.0 Å². The van der Waals surface area contributed by atoms with Gasteiger partial charge in [0.1, 0.15) is 11.6 Å². The van der Waals surface area contributed by atoms with Crippen LogP contribution in [-0.4, -0.2) is 41.9 Å². The van der Waals surface area contributed by atoms with Gasteiger partial charge in [-0.1, -0.05) is 6.07 Å². The van der Waals surface area contributed by atoms with Gasteiger partial charge in [-0.15, -0.1) is 0 Å². The van der Waals surface area contributed by atoms with Crippen molar-refractivity contribution in [3.8, 4) is 0 Å². The molecule has 1 aromatic rings. The lowest BCUT2D eigenvalue weighted by Gasteiger charge is -2.28. The summed E-state index contributed by atoms with van der Waals surface area (Å²) >= 11 is 0. The lowest BCUT2D eigenvalue weighted by atomic mass is 10.1. The number of nitrogens with zero attached hydrogens (tertiary/aromatic N) is 1. The van der Waals surface area contributed by atoms with E-state index in [0.29, 0.717) is 12.1 Å². The van der Waals surface area contributed by atoms with E-state index in [4.69, 9.17) is 5.11 Å². The summed E-state index contributed by atoms with van der Waals surface area (Å²) in [4.78, 5) is 12.6. The fourth-order valence-electron chi connectivity index (χ4n) is 1.65. The lowest BCUT2D eigenvalue weighted by molar-refractivity contribution is -0.156. The number of carbonyl (C=O) groups is 1. The molecule has 2 N–H and O–H groups in total. The topological polar surface area (TPSA) is 52.6 Å². The summed E-state index contributed by atoms with van der Waals surface area (Å²) in [6.45, 7) is 0.917. The molecule has 22 heavy (non-hydrogen) atoms. The molecule has 2 atom stereocenters. The fraction of sp³-hybridized carbons (Fsp3) is 0.462. The number of likely N-dealkylation sites (N-methyl/N-ethyl adjacent to an activating group) is 1. The van der Waals surface area contributed by atoms with Crippen LogP contribution in [0.2, 0.25) is 0 Å². The Morgan fingerprint density at radius 3 is 2.23 bits per heavy atom. The van der Waals surface area contributed by atoms with Gasteiger partial charge in [0.2, 0.25) is 0 Å². The van der Waals surface area contributed by atoms with E-state index in [2.05, 4.69) is 0 Å². The molecule has 2 amide bonds. The van der Waals surface area contributed by atoms with Gasteiger partial charge in [-0.25, -0.2) is 13.6 Å². The zero-order valence-electron chi connectivity index (χ0n) is 11.8. The third-order valence-electron chi connectivity index (χ3n) is 3.13. The van der Waals surface area contributed by atoms with E-state index in [1.807, 2.05) is 0 Å². The molecule has 0 unspecified atom stereocenters. The minimum absolute atomic E-state index is 0.478. The minimum atomic E-state index is -5.10. The summed E-state index contributed by atoms with van der Waals surface area (Å²) in [5, 5.41) is 10.4. The molecular formula is C13H15F5N2O2. The standard InChI is InChI=1S/C13H15F5N2O2/c1-7(6-21)20(2)12(22)19-11(13(16,17)18)10-8(14)4-3-5-9(10)15/h3-5,7,11,21H,6H2,1-2H3,(H,19,22)/t7-,11-/m1/s1.